The summed E-state index contributed by atoms with van der Waals surface area (Å²) in [5.74, 6) is 0.181. The van der Waals surface area contributed by atoms with Gasteiger partial charge in [-0.05, 0) is 23.8 Å². The van der Waals surface area contributed by atoms with Crippen molar-refractivity contribution in [2.75, 3.05) is 33.1 Å². The van der Waals surface area contributed by atoms with Crippen molar-refractivity contribution >= 4 is 5.69 Å². The molecule has 0 aromatic heterocycles. The third-order valence-corrected chi connectivity index (χ3v) is 3.41. The average Bonchev–Trinajstić information content (AvgIpc) is 2.87. The highest BCUT2D eigenvalue weighted by Crippen LogP contribution is 2.34. The second-order valence-corrected chi connectivity index (χ2v) is 5.13. The van der Waals surface area contributed by atoms with E-state index in [0.29, 0.717) is 0 Å². The maximum atomic E-state index is 9.38. The molecule has 0 bridgehead atoms. The molecule has 1 aromatic rings. The second-order valence-electron chi connectivity index (χ2n) is 5.13. The molecule has 0 amide bonds. The Morgan fingerprint density at radius 2 is 1.84 bits per heavy atom. The van der Waals surface area contributed by atoms with Gasteiger partial charge in [-0.25, -0.2) is 0 Å². The quantitative estimate of drug-likeness (QED) is 0.829. The summed E-state index contributed by atoms with van der Waals surface area (Å²) in [5, 5.41) is 9.38. The first-order chi connectivity index (χ1) is 9.04. The number of rotatable bonds is 3. The molecule has 0 aliphatic heterocycles. The van der Waals surface area contributed by atoms with E-state index in [4.69, 9.17) is 0 Å². The molecule has 0 N–H and O–H groups in total. The van der Waals surface area contributed by atoms with Crippen molar-refractivity contribution in [2.45, 2.75) is 5.92 Å². The van der Waals surface area contributed by atoms with Crippen molar-refractivity contribution < 1.29 is 0 Å². The lowest BCUT2D eigenvalue weighted by Crippen LogP contribution is -2.16. The van der Waals surface area contributed by atoms with Gasteiger partial charge in [-0.1, -0.05) is 18.2 Å². The van der Waals surface area contributed by atoms with Gasteiger partial charge in [0.05, 0.1) is 11.6 Å². The Balaban J connectivity index is 2.44. The monoisotopic (exact) mass is 253 g/mol. The molecule has 1 aliphatic carbocycles. The predicted octanol–water partition coefficient (Wildman–Crippen LogP) is 2.72. The zero-order valence-corrected chi connectivity index (χ0v) is 11.9. The summed E-state index contributed by atoms with van der Waals surface area (Å²) in [7, 11) is 8.03. The van der Waals surface area contributed by atoms with Gasteiger partial charge in [0.1, 0.15) is 0 Å². The van der Waals surface area contributed by atoms with Crippen LogP contribution in [-0.4, -0.2) is 33.1 Å². The number of hydrogen-bond donors (Lipinski definition) is 0. The summed E-state index contributed by atoms with van der Waals surface area (Å²) in [6.45, 7) is 0. The van der Waals surface area contributed by atoms with E-state index in [-0.39, 0.29) is 5.92 Å². The fourth-order valence-electron chi connectivity index (χ4n) is 2.35. The van der Waals surface area contributed by atoms with Crippen LogP contribution in [0.3, 0.4) is 0 Å². The molecule has 1 aromatic carbocycles. The largest absolute Gasteiger partial charge is 0.380 e. The molecule has 0 saturated carbocycles. The van der Waals surface area contributed by atoms with E-state index >= 15 is 0 Å². The van der Waals surface area contributed by atoms with Gasteiger partial charge < -0.3 is 9.80 Å². The van der Waals surface area contributed by atoms with Crippen molar-refractivity contribution in [2.24, 2.45) is 0 Å². The van der Waals surface area contributed by atoms with Crippen LogP contribution < -0.4 is 4.90 Å². The van der Waals surface area contributed by atoms with Crippen LogP contribution in [0.5, 0.6) is 0 Å². The number of likely N-dealkylation sites (N-methyl/N-ethyl adjacent to an activating group) is 1. The van der Waals surface area contributed by atoms with Crippen LogP contribution in [0, 0.1) is 11.3 Å². The highest BCUT2D eigenvalue weighted by atomic mass is 15.1. The van der Waals surface area contributed by atoms with E-state index in [1.165, 1.54) is 5.70 Å². The Kier molecular flexibility index (Phi) is 3.62. The standard InChI is InChI=1S/C16H19N3/c1-18(2)13-8-9-14(12(10-13)11-17)15-6-5-7-16(15)19(3)4/h5-10,15H,1-4H3. The minimum Gasteiger partial charge on any atom is -0.380 e. The van der Waals surface area contributed by atoms with E-state index < -0.39 is 0 Å². The smallest absolute Gasteiger partial charge is 0.0995 e. The van der Waals surface area contributed by atoms with Crippen LogP contribution in [-0.2, 0) is 0 Å². The van der Waals surface area contributed by atoms with Gasteiger partial charge >= 0.3 is 0 Å². The van der Waals surface area contributed by atoms with Crippen molar-refractivity contribution in [3.8, 4) is 6.07 Å². The number of nitriles is 1. The molecule has 3 heteroatoms. The van der Waals surface area contributed by atoms with Gasteiger partial charge in [0.15, 0.2) is 0 Å². The van der Waals surface area contributed by atoms with E-state index in [0.717, 1.165) is 16.8 Å². The highest BCUT2D eigenvalue weighted by molar-refractivity contribution is 5.57. The molecule has 1 unspecified atom stereocenters. The second kappa shape index (κ2) is 5.19. The van der Waals surface area contributed by atoms with Crippen LogP contribution in [0.15, 0.2) is 42.1 Å². The Morgan fingerprint density at radius 1 is 1.11 bits per heavy atom. The molecule has 0 spiro atoms. The number of anilines is 1. The van der Waals surface area contributed by atoms with Crippen LogP contribution in [0.4, 0.5) is 5.69 Å². The Labute approximate surface area is 115 Å². The summed E-state index contributed by atoms with van der Waals surface area (Å²) in [4.78, 5) is 4.11. The fourth-order valence-corrected chi connectivity index (χ4v) is 2.35. The minimum atomic E-state index is 0.181. The molecule has 98 valence electrons. The topological polar surface area (TPSA) is 30.3 Å². The molecule has 19 heavy (non-hydrogen) atoms. The molecule has 2 rings (SSSR count). The normalized spacial score (nSPS) is 17.0. The summed E-state index contributed by atoms with van der Waals surface area (Å²) < 4.78 is 0. The lowest BCUT2D eigenvalue weighted by molar-refractivity contribution is 0.487. The minimum absolute atomic E-state index is 0.181. The molecular formula is C16H19N3. The predicted molar refractivity (Wildman–Crippen MR) is 79.1 cm³/mol. The highest BCUT2D eigenvalue weighted by Gasteiger charge is 2.21. The Morgan fingerprint density at radius 3 is 2.42 bits per heavy atom. The van der Waals surface area contributed by atoms with Crippen molar-refractivity contribution in [3.63, 3.8) is 0 Å². The van der Waals surface area contributed by atoms with E-state index in [2.05, 4.69) is 41.3 Å². The number of allylic oxidation sites excluding steroid dienone is 3. The number of nitrogens with zero attached hydrogens (tertiary/aromatic N) is 3. The lowest BCUT2D eigenvalue weighted by Gasteiger charge is -2.23. The van der Waals surface area contributed by atoms with E-state index in [9.17, 15) is 5.26 Å². The third-order valence-electron chi connectivity index (χ3n) is 3.41. The molecule has 0 fully saturated rings. The number of hydrogen-bond acceptors (Lipinski definition) is 3. The molecule has 0 saturated heterocycles. The molecule has 0 radical (unpaired) electrons. The summed E-state index contributed by atoms with van der Waals surface area (Å²) >= 11 is 0. The van der Waals surface area contributed by atoms with Crippen molar-refractivity contribution in [1.29, 1.82) is 5.26 Å². The molecule has 1 atom stereocenters. The Hall–Kier alpha value is -2.21. The summed E-state index contributed by atoms with van der Waals surface area (Å²) in [6, 6.07) is 8.40. The van der Waals surface area contributed by atoms with Crippen LogP contribution in [0.25, 0.3) is 0 Å². The SMILES string of the molecule is CN(C)C1=CC=CC1c1ccc(N(C)C)cc1C#N. The maximum absolute atomic E-state index is 9.38. The third kappa shape index (κ3) is 2.48. The van der Waals surface area contributed by atoms with Crippen molar-refractivity contribution in [1.82, 2.24) is 4.90 Å². The van der Waals surface area contributed by atoms with Gasteiger partial charge in [-0.2, -0.15) is 5.26 Å². The Bertz CT molecular complexity index is 574. The van der Waals surface area contributed by atoms with Gasteiger partial charge in [-0.15, -0.1) is 0 Å². The van der Waals surface area contributed by atoms with Crippen LogP contribution in [0.1, 0.15) is 17.0 Å². The van der Waals surface area contributed by atoms with E-state index in [1.807, 2.05) is 39.2 Å². The van der Waals surface area contributed by atoms with Gasteiger partial charge in [0.2, 0.25) is 0 Å². The zero-order chi connectivity index (χ0) is 14.0. The average molecular weight is 253 g/mol. The number of benzene rings is 1. The molecule has 0 heterocycles. The fraction of sp³-hybridized carbons (Fsp3) is 0.312. The molecule has 1 aliphatic rings. The molecule has 3 nitrogen and oxygen atoms in total. The van der Waals surface area contributed by atoms with Crippen molar-refractivity contribution in [3.05, 3.63) is 53.3 Å². The van der Waals surface area contributed by atoms with Gasteiger partial charge in [0.25, 0.3) is 0 Å². The first kappa shape index (κ1) is 13.2. The first-order valence-corrected chi connectivity index (χ1v) is 6.31. The van der Waals surface area contributed by atoms with Crippen LogP contribution in [0.2, 0.25) is 0 Å². The van der Waals surface area contributed by atoms with Crippen LogP contribution >= 0.6 is 0 Å². The molecular weight excluding hydrogens is 234 g/mol. The summed E-state index contributed by atoms with van der Waals surface area (Å²) in [6.07, 6.45) is 6.30. The summed E-state index contributed by atoms with van der Waals surface area (Å²) in [5.41, 5.74) is 4.09. The van der Waals surface area contributed by atoms with Gasteiger partial charge in [0, 0.05) is 45.5 Å². The first-order valence-electron chi connectivity index (χ1n) is 6.31. The maximum Gasteiger partial charge on any atom is 0.0995 e. The van der Waals surface area contributed by atoms with E-state index in [1.54, 1.807) is 0 Å². The zero-order valence-electron chi connectivity index (χ0n) is 11.9. The van der Waals surface area contributed by atoms with Gasteiger partial charge in [-0.3, -0.25) is 0 Å². The lowest BCUT2D eigenvalue weighted by atomic mass is 9.92.